The number of hydrogen-bond donors (Lipinski definition) is 0. The smallest absolute Gasteiger partial charge is 0.258 e. The zero-order valence-corrected chi connectivity index (χ0v) is 18.3. The van der Waals surface area contributed by atoms with Gasteiger partial charge in [0.05, 0.1) is 15.0 Å². The zero-order valence-electron chi connectivity index (χ0n) is 15.9. The molecule has 7 nitrogen and oxygen atoms in total. The van der Waals surface area contributed by atoms with E-state index in [1.807, 2.05) is 0 Å². The molecule has 154 valence electrons. The lowest BCUT2D eigenvalue weighted by Crippen LogP contribution is -2.38. The number of nitro groups is 1. The second-order valence-electron chi connectivity index (χ2n) is 7.63. The summed E-state index contributed by atoms with van der Waals surface area (Å²) in [6, 6.07) is 2.75. The lowest BCUT2D eigenvalue weighted by Gasteiger charge is -2.45. The maximum Gasteiger partial charge on any atom is 0.272 e. The highest BCUT2D eigenvalue weighted by Crippen LogP contribution is 2.65. The minimum Gasteiger partial charge on any atom is -0.258 e. The topological polar surface area (TPSA) is 65.2 Å². The molecule has 1 aromatic rings. The van der Waals surface area contributed by atoms with Crippen LogP contribution in [0.25, 0.3) is 0 Å². The number of rotatable bonds is 5. The third-order valence-corrected chi connectivity index (χ3v) is 10.4. The molecule has 28 heavy (non-hydrogen) atoms. The molecule has 3 aliphatic rings. The maximum absolute atomic E-state index is 11.2. The Morgan fingerprint density at radius 3 is 1.50 bits per heavy atom. The van der Waals surface area contributed by atoms with Crippen LogP contribution in [-0.4, -0.2) is 58.2 Å². The first-order valence-electron chi connectivity index (χ1n) is 10.0. The van der Waals surface area contributed by atoms with Crippen LogP contribution in [0, 0.1) is 10.1 Å². The summed E-state index contributed by atoms with van der Waals surface area (Å²) >= 11 is 13.0. The van der Waals surface area contributed by atoms with Crippen molar-refractivity contribution in [2.24, 2.45) is 4.74 Å². The quantitative estimate of drug-likeness (QED) is 0.327. The van der Waals surface area contributed by atoms with Gasteiger partial charge in [0.1, 0.15) is 5.69 Å². The molecule has 3 heterocycles. The fourth-order valence-corrected chi connectivity index (χ4v) is 9.59. The second kappa shape index (κ2) is 8.58. The molecule has 0 spiro atoms. The van der Waals surface area contributed by atoms with Gasteiger partial charge in [0.25, 0.3) is 5.69 Å². The number of halogens is 2. The highest BCUT2D eigenvalue weighted by Gasteiger charge is 2.43. The van der Waals surface area contributed by atoms with Crippen molar-refractivity contribution in [1.82, 2.24) is 14.0 Å². The van der Waals surface area contributed by atoms with Gasteiger partial charge >= 0.3 is 0 Å². The van der Waals surface area contributed by atoms with Crippen LogP contribution in [0.4, 0.5) is 11.4 Å². The molecule has 10 heteroatoms. The average molecular weight is 446 g/mol. The molecule has 1 aromatic carbocycles. The van der Waals surface area contributed by atoms with E-state index in [0.717, 1.165) is 39.3 Å². The van der Waals surface area contributed by atoms with E-state index in [0.29, 0.717) is 5.69 Å². The summed E-state index contributed by atoms with van der Waals surface area (Å²) in [6.07, 6.45) is 7.09. The summed E-state index contributed by atoms with van der Waals surface area (Å²) in [4.78, 5) is 10.7. The van der Waals surface area contributed by atoms with E-state index in [9.17, 15) is 10.1 Å². The largest absolute Gasteiger partial charge is 0.272 e. The molecule has 0 aromatic heterocycles. The fourth-order valence-electron chi connectivity index (χ4n) is 4.52. The Labute approximate surface area is 175 Å². The van der Waals surface area contributed by atoms with Crippen LogP contribution in [0.5, 0.6) is 0 Å². The van der Waals surface area contributed by atoms with Gasteiger partial charge < -0.3 is 0 Å². The summed E-state index contributed by atoms with van der Waals surface area (Å²) < 4.78 is 13.0. The van der Waals surface area contributed by atoms with Crippen molar-refractivity contribution < 1.29 is 4.92 Å². The van der Waals surface area contributed by atoms with Gasteiger partial charge in [-0.3, -0.25) is 10.1 Å². The first-order chi connectivity index (χ1) is 13.5. The molecule has 0 radical (unpaired) electrons. The van der Waals surface area contributed by atoms with Crippen molar-refractivity contribution >= 4 is 42.1 Å². The average Bonchev–Trinajstić information content (AvgIpc) is 3.43. The Balaban J connectivity index is 1.90. The first-order valence-corrected chi connectivity index (χ1v) is 12.4. The van der Waals surface area contributed by atoms with Crippen LogP contribution in [0.2, 0.25) is 10.0 Å². The predicted molar refractivity (Wildman–Crippen MR) is 115 cm³/mol. The molecule has 3 saturated heterocycles. The summed E-state index contributed by atoms with van der Waals surface area (Å²) in [5.41, 5.74) is 0.411. The Morgan fingerprint density at radius 2 is 1.18 bits per heavy atom. The Kier molecular flexibility index (Phi) is 6.31. The molecule has 0 aliphatic carbocycles. The molecule has 0 unspecified atom stereocenters. The molecule has 3 fully saturated rings. The molecule has 0 amide bonds. The molecular formula is C18H26Cl2N5O2P. The SMILES string of the molecule is O=[N+]([O-])c1cc(Cl)c(N=P(N2CCCC2)(N2CCCC2)N2CCCC2)c(Cl)c1. The van der Waals surface area contributed by atoms with E-state index in [-0.39, 0.29) is 15.7 Å². The Hall–Kier alpha value is -0.690. The third kappa shape index (κ3) is 3.73. The van der Waals surface area contributed by atoms with Crippen LogP contribution >= 0.6 is 30.7 Å². The number of non-ortho nitro benzene ring substituents is 1. The number of benzene rings is 1. The van der Waals surface area contributed by atoms with Crippen LogP contribution in [0.15, 0.2) is 16.9 Å². The van der Waals surface area contributed by atoms with Gasteiger partial charge in [0.15, 0.2) is 7.51 Å². The lowest BCUT2D eigenvalue weighted by atomic mass is 10.3. The molecule has 0 N–H and O–H groups in total. The predicted octanol–water partition coefficient (Wildman–Crippen LogP) is 5.77. The van der Waals surface area contributed by atoms with E-state index >= 15 is 0 Å². The van der Waals surface area contributed by atoms with Crippen molar-refractivity contribution in [1.29, 1.82) is 0 Å². The highest BCUT2D eigenvalue weighted by atomic mass is 35.5. The fraction of sp³-hybridized carbons (Fsp3) is 0.667. The summed E-state index contributed by atoms with van der Waals surface area (Å²) in [5, 5.41) is 11.7. The minimum atomic E-state index is -2.17. The van der Waals surface area contributed by atoms with Crippen molar-refractivity contribution in [3.05, 3.63) is 32.3 Å². The van der Waals surface area contributed by atoms with Crippen LogP contribution in [-0.2, 0) is 0 Å². The van der Waals surface area contributed by atoms with E-state index in [1.54, 1.807) is 0 Å². The standard InChI is InChI=1S/C18H26Cl2N5O2P/c19-16-13-15(25(26)27)14-17(20)18(16)21-28(22-7-1-2-8-22,23-9-3-4-10-23)24-11-5-6-12-24/h13-14H,1-12H2. The van der Waals surface area contributed by atoms with E-state index in [4.69, 9.17) is 27.9 Å². The van der Waals surface area contributed by atoms with Gasteiger partial charge in [-0.15, -0.1) is 0 Å². The van der Waals surface area contributed by atoms with Crippen molar-refractivity contribution in [2.45, 2.75) is 38.5 Å². The van der Waals surface area contributed by atoms with Gasteiger partial charge in [-0.2, -0.15) is 0 Å². The Bertz CT molecular complexity index is 733. The normalized spacial score (nSPS) is 22.2. The first kappa shape index (κ1) is 20.6. The van der Waals surface area contributed by atoms with Gasteiger partial charge in [0.2, 0.25) is 0 Å². The zero-order chi connectivity index (χ0) is 19.7. The summed E-state index contributed by atoms with van der Waals surface area (Å²) in [5.74, 6) is 0. The second-order valence-corrected chi connectivity index (χ2v) is 11.4. The van der Waals surface area contributed by atoms with Crippen molar-refractivity contribution in [2.75, 3.05) is 39.3 Å². The van der Waals surface area contributed by atoms with Gasteiger partial charge in [-0.25, -0.2) is 18.8 Å². The van der Waals surface area contributed by atoms with Crippen molar-refractivity contribution in [3.63, 3.8) is 0 Å². The Morgan fingerprint density at radius 1 is 0.821 bits per heavy atom. The molecule has 3 aliphatic heterocycles. The molecule has 0 atom stereocenters. The van der Waals surface area contributed by atoms with Crippen LogP contribution < -0.4 is 0 Å². The molecular weight excluding hydrogens is 420 g/mol. The van der Waals surface area contributed by atoms with E-state index < -0.39 is 12.4 Å². The van der Waals surface area contributed by atoms with Gasteiger partial charge in [-0.05, 0) is 38.5 Å². The number of nitrogens with zero attached hydrogens (tertiary/aromatic N) is 5. The van der Waals surface area contributed by atoms with Gasteiger partial charge in [0, 0.05) is 51.4 Å². The number of nitro benzene ring substituents is 1. The van der Waals surface area contributed by atoms with Crippen LogP contribution in [0.1, 0.15) is 38.5 Å². The van der Waals surface area contributed by atoms with E-state index in [2.05, 4.69) is 14.0 Å². The summed E-state index contributed by atoms with van der Waals surface area (Å²) in [6.45, 7) is 6.21. The number of hydrogen-bond acceptors (Lipinski definition) is 3. The lowest BCUT2D eigenvalue weighted by molar-refractivity contribution is -0.384. The van der Waals surface area contributed by atoms with Crippen LogP contribution in [0.3, 0.4) is 0 Å². The molecule has 4 rings (SSSR count). The van der Waals surface area contributed by atoms with E-state index in [1.165, 1.54) is 50.7 Å². The molecule has 0 saturated carbocycles. The summed E-state index contributed by atoms with van der Waals surface area (Å²) in [7, 11) is -2.17. The highest BCUT2D eigenvalue weighted by molar-refractivity contribution is 7.59. The minimum absolute atomic E-state index is 0.0959. The monoisotopic (exact) mass is 445 g/mol. The van der Waals surface area contributed by atoms with Crippen molar-refractivity contribution in [3.8, 4) is 0 Å². The molecule has 0 bridgehead atoms. The van der Waals surface area contributed by atoms with Gasteiger partial charge in [-0.1, -0.05) is 23.2 Å². The third-order valence-electron chi connectivity index (χ3n) is 5.83. The maximum atomic E-state index is 11.2.